The van der Waals surface area contributed by atoms with Crippen molar-refractivity contribution in [1.29, 1.82) is 0 Å². The highest BCUT2D eigenvalue weighted by molar-refractivity contribution is 5.74. The van der Waals surface area contributed by atoms with Gasteiger partial charge in [-0.1, -0.05) is 19.1 Å². The van der Waals surface area contributed by atoms with Gasteiger partial charge in [-0.05, 0) is 24.7 Å². The molecule has 4 atom stereocenters. The summed E-state index contributed by atoms with van der Waals surface area (Å²) in [7, 11) is 0. The van der Waals surface area contributed by atoms with Crippen molar-refractivity contribution < 1.29 is 14.6 Å². The van der Waals surface area contributed by atoms with Crippen molar-refractivity contribution in [3.8, 4) is 0 Å². The summed E-state index contributed by atoms with van der Waals surface area (Å²) in [5.41, 5.74) is 0. The van der Waals surface area contributed by atoms with Crippen LogP contribution in [0.4, 0.5) is 0 Å². The SMILES string of the molecule is CCC(O)OC(=O)C1CC2C=CC1C2. The van der Waals surface area contributed by atoms with E-state index in [4.69, 9.17) is 4.74 Å². The van der Waals surface area contributed by atoms with Crippen LogP contribution in [-0.2, 0) is 9.53 Å². The summed E-state index contributed by atoms with van der Waals surface area (Å²) in [6, 6.07) is 0. The molecule has 1 fully saturated rings. The Hall–Kier alpha value is -0.830. The van der Waals surface area contributed by atoms with E-state index in [0.717, 1.165) is 12.8 Å². The Labute approximate surface area is 83.8 Å². The fraction of sp³-hybridized carbons (Fsp3) is 0.727. The molecule has 14 heavy (non-hydrogen) atoms. The molecule has 3 heteroatoms. The predicted octanol–water partition coefficient (Wildman–Crippen LogP) is 1.47. The highest BCUT2D eigenvalue weighted by atomic mass is 16.6. The zero-order valence-corrected chi connectivity index (χ0v) is 8.35. The maximum absolute atomic E-state index is 11.6. The molecular weight excluding hydrogens is 180 g/mol. The summed E-state index contributed by atoms with van der Waals surface area (Å²) in [6.07, 6.45) is 5.81. The molecule has 0 aromatic rings. The molecule has 2 aliphatic rings. The van der Waals surface area contributed by atoms with E-state index in [1.54, 1.807) is 6.92 Å². The number of esters is 1. The fourth-order valence-electron chi connectivity index (χ4n) is 2.36. The van der Waals surface area contributed by atoms with E-state index in [0.29, 0.717) is 18.3 Å². The number of aliphatic hydroxyl groups is 1. The monoisotopic (exact) mass is 196 g/mol. The lowest BCUT2D eigenvalue weighted by atomic mass is 9.94. The van der Waals surface area contributed by atoms with Gasteiger partial charge >= 0.3 is 5.97 Å². The molecule has 2 rings (SSSR count). The standard InChI is InChI=1S/C11H16O3/c1-2-10(12)14-11(13)9-6-7-3-4-8(9)5-7/h3-4,7-10,12H,2,5-6H2,1H3. The number of aliphatic hydroxyl groups excluding tert-OH is 1. The van der Waals surface area contributed by atoms with Gasteiger partial charge in [0.2, 0.25) is 0 Å². The Morgan fingerprint density at radius 1 is 1.57 bits per heavy atom. The molecule has 0 aromatic heterocycles. The summed E-state index contributed by atoms with van der Waals surface area (Å²) < 4.78 is 4.92. The van der Waals surface area contributed by atoms with Crippen LogP contribution in [0.3, 0.4) is 0 Å². The van der Waals surface area contributed by atoms with E-state index < -0.39 is 6.29 Å². The van der Waals surface area contributed by atoms with Crippen molar-refractivity contribution in [1.82, 2.24) is 0 Å². The largest absolute Gasteiger partial charge is 0.436 e. The lowest BCUT2D eigenvalue weighted by molar-refractivity contribution is -0.173. The first kappa shape index (κ1) is 9.71. The zero-order chi connectivity index (χ0) is 10.1. The fourth-order valence-corrected chi connectivity index (χ4v) is 2.36. The van der Waals surface area contributed by atoms with Crippen molar-refractivity contribution in [3.63, 3.8) is 0 Å². The molecule has 0 aliphatic heterocycles. The maximum atomic E-state index is 11.6. The van der Waals surface area contributed by atoms with Gasteiger partial charge in [0.1, 0.15) is 0 Å². The number of carbonyl (C=O) groups excluding carboxylic acids is 1. The number of hydrogen-bond donors (Lipinski definition) is 1. The summed E-state index contributed by atoms with van der Waals surface area (Å²) in [5.74, 6) is 0.690. The van der Waals surface area contributed by atoms with Crippen molar-refractivity contribution in [3.05, 3.63) is 12.2 Å². The number of rotatable bonds is 3. The Morgan fingerprint density at radius 3 is 2.86 bits per heavy atom. The molecule has 2 bridgehead atoms. The molecule has 1 saturated carbocycles. The smallest absolute Gasteiger partial charge is 0.311 e. The van der Waals surface area contributed by atoms with Crippen LogP contribution < -0.4 is 0 Å². The summed E-state index contributed by atoms with van der Waals surface area (Å²) in [4.78, 5) is 11.6. The Balaban J connectivity index is 1.90. The van der Waals surface area contributed by atoms with Crippen LogP contribution in [0.2, 0.25) is 0 Å². The molecule has 0 radical (unpaired) electrons. The van der Waals surface area contributed by atoms with Gasteiger partial charge < -0.3 is 9.84 Å². The van der Waals surface area contributed by atoms with Gasteiger partial charge in [0.25, 0.3) is 0 Å². The maximum Gasteiger partial charge on any atom is 0.311 e. The van der Waals surface area contributed by atoms with Crippen LogP contribution in [-0.4, -0.2) is 17.4 Å². The first-order chi connectivity index (χ1) is 6.70. The first-order valence-electron chi connectivity index (χ1n) is 5.27. The summed E-state index contributed by atoms with van der Waals surface area (Å²) in [6.45, 7) is 1.79. The average Bonchev–Trinajstić information content (AvgIpc) is 2.78. The van der Waals surface area contributed by atoms with E-state index in [9.17, 15) is 9.90 Å². The van der Waals surface area contributed by atoms with Gasteiger partial charge in [0, 0.05) is 6.42 Å². The minimum atomic E-state index is -0.925. The van der Waals surface area contributed by atoms with E-state index in [1.165, 1.54) is 0 Å². The average molecular weight is 196 g/mol. The van der Waals surface area contributed by atoms with Gasteiger partial charge in [-0.25, -0.2) is 0 Å². The molecule has 78 valence electrons. The second-order valence-electron chi connectivity index (χ2n) is 4.19. The normalized spacial score (nSPS) is 36.0. The minimum Gasteiger partial charge on any atom is -0.436 e. The minimum absolute atomic E-state index is 0.00815. The highest BCUT2D eigenvalue weighted by Crippen LogP contribution is 2.43. The Bertz CT molecular complexity index is 259. The number of ether oxygens (including phenoxy) is 1. The lowest BCUT2D eigenvalue weighted by Gasteiger charge is -2.18. The van der Waals surface area contributed by atoms with Gasteiger partial charge in [-0.2, -0.15) is 0 Å². The molecule has 1 N–H and O–H groups in total. The molecule has 3 nitrogen and oxygen atoms in total. The molecule has 0 aromatic carbocycles. The van der Waals surface area contributed by atoms with Crippen molar-refractivity contribution in [2.24, 2.45) is 17.8 Å². The van der Waals surface area contributed by atoms with Crippen LogP contribution in [0.25, 0.3) is 0 Å². The quantitative estimate of drug-likeness (QED) is 0.422. The number of carbonyl (C=O) groups is 1. The van der Waals surface area contributed by atoms with Crippen molar-refractivity contribution >= 4 is 5.97 Å². The third-order valence-corrected chi connectivity index (χ3v) is 3.18. The molecule has 0 spiro atoms. The van der Waals surface area contributed by atoms with Gasteiger partial charge in [-0.15, -0.1) is 0 Å². The second kappa shape index (κ2) is 3.73. The number of hydrogen-bond acceptors (Lipinski definition) is 3. The predicted molar refractivity (Wildman–Crippen MR) is 51.2 cm³/mol. The van der Waals surface area contributed by atoms with E-state index in [-0.39, 0.29) is 11.9 Å². The zero-order valence-electron chi connectivity index (χ0n) is 8.35. The van der Waals surface area contributed by atoms with Crippen LogP contribution >= 0.6 is 0 Å². The number of allylic oxidation sites excluding steroid dienone is 2. The topological polar surface area (TPSA) is 46.5 Å². The third-order valence-electron chi connectivity index (χ3n) is 3.18. The molecule has 4 unspecified atom stereocenters. The van der Waals surface area contributed by atoms with Crippen molar-refractivity contribution in [2.45, 2.75) is 32.5 Å². The van der Waals surface area contributed by atoms with Gasteiger partial charge in [0.05, 0.1) is 5.92 Å². The van der Waals surface area contributed by atoms with Crippen molar-refractivity contribution in [2.75, 3.05) is 0 Å². The number of fused-ring (bicyclic) bond motifs is 2. The van der Waals surface area contributed by atoms with Gasteiger partial charge in [0.15, 0.2) is 6.29 Å². The highest BCUT2D eigenvalue weighted by Gasteiger charge is 2.41. The molecule has 0 heterocycles. The van der Waals surface area contributed by atoms with E-state index in [2.05, 4.69) is 12.2 Å². The second-order valence-corrected chi connectivity index (χ2v) is 4.19. The van der Waals surface area contributed by atoms with Crippen LogP contribution in [0, 0.1) is 17.8 Å². The van der Waals surface area contributed by atoms with Crippen LogP contribution in [0.5, 0.6) is 0 Å². The molecule has 0 saturated heterocycles. The van der Waals surface area contributed by atoms with E-state index >= 15 is 0 Å². The Morgan fingerprint density at radius 2 is 2.36 bits per heavy atom. The van der Waals surface area contributed by atoms with Crippen LogP contribution in [0.15, 0.2) is 12.2 Å². The summed E-state index contributed by atoms with van der Waals surface area (Å²) >= 11 is 0. The van der Waals surface area contributed by atoms with E-state index in [1.807, 2.05) is 0 Å². The van der Waals surface area contributed by atoms with Crippen LogP contribution in [0.1, 0.15) is 26.2 Å². The molecule has 0 amide bonds. The lowest BCUT2D eigenvalue weighted by Crippen LogP contribution is -2.26. The molecule has 2 aliphatic carbocycles. The molecular formula is C11H16O3. The summed E-state index contributed by atoms with van der Waals surface area (Å²) in [5, 5.41) is 9.20. The third kappa shape index (κ3) is 1.69. The van der Waals surface area contributed by atoms with Gasteiger partial charge in [-0.3, -0.25) is 4.79 Å². The first-order valence-corrected chi connectivity index (χ1v) is 5.27. The Kier molecular flexibility index (Phi) is 2.59.